The number of benzene rings is 1. The van der Waals surface area contributed by atoms with Crippen molar-refractivity contribution in [3.63, 3.8) is 0 Å². The lowest BCUT2D eigenvalue weighted by Crippen LogP contribution is -2.63. The Kier molecular flexibility index (Phi) is 5.51. The van der Waals surface area contributed by atoms with Gasteiger partial charge < -0.3 is 19.3 Å². The highest BCUT2D eigenvalue weighted by atomic mass is 19.4. The minimum Gasteiger partial charge on any atom is -0.496 e. The molecule has 2 fully saturated rings. The Morgan fingerprint density at radius 2 is 1.79 bits per heavy atom. The van der Waals surface area contributed by atoms with Crippen LogP contribution in [0.5, 0.6) is 5.75 Å². The van der Waals surface area contributed by atoms with Gasteiger partial charge in [-0.1, -0.05) is 6.07 Å². The van der Waals surface area contributed by atoms with Crippen LogP contribution in [-0.2, 0) is 21.3 Å². The Morgan fingerprint density at radius 1 is 1.21 bits per heavy atom. The number of piperidine rings is 1. The summed E-state index contributed by atoms with van der Waals surface area (Å²) in [5, 5.41) is 11.3. The van der Waals surface area contributed by atoms with E-state index in [9.17, 15) is 23.1 Å². The largest absolute Gasteiger partial charge is 0.496 e. The number of nitrogens with zero attached hydrogens (tertiary/aromatic N) is 1. The van der Waals surface area contributed by atoms with E-state index in [1.165, 1.54) is 12.1 Å². The van der Waals surface area contributed by atoms with Gasteiger partial charge in [0.2, 0.25) is 0 Å². The van der Waals surface area contributed by atoms with Crippen molar-refractivity contribution < 1.29 is 37.3 Å². The van der Waals surface area contributed by atoms with Gasteiger partial charge in [-0.2, -0.15) is 13.2 Å². The molecule has 2 atom stereocenters. The van der Waals surface area contributed by atoms with Crippen molar-refractivity contribution in [2.75, 3.05) is 20.3 Å². The molecule has 2 saturated heterocycles. The molecule has 2 aliphatic rings. The molecule has 0 spiro atoms. The summed E-state index contributed by atoms with van der Waals surface area (Å²) in [4.78, 5) is 14.2. The fourth-order valence-electron chi connectivity index (χ4n) is 4.04. The second kappa shape index (κ2) is 7.36. The number of carbonyl (C=O) groups is 1. The zero-order chi connectivity index (χ0) is 21.6. The van der Waals surface area contributed by atoms with Crippen molar-refractivity contribution in [3.8, 4) is 5.75 Å². The van der Waals surface area contributed by atoms with Gasteiger partial charge in [-0.3, -0.25) is 4.90 Å². The number of fused-ring (bicyclic) bond motifs is 2. The number of amides is 1. The monoisotopic (exact) mass is 417 g/mol. The van der Waals surface area contributed by atoms with E-state index in [1.807, 2.05) is 0 Å². The Labute approximate surface area is 167 Å². The quantitative estimate of drug-likeness (QED) is 0.795. The van der Waals surface area contributed by atoms with Crippen LogP contribution in [0.15, 0.2) is 18.2 Å². The van der Waals surface area contributed by atoms with E-state index in [-0.39, 0.29) is 31.8 Å². The number of rotatable bonds is 2. The lowest BCUT2D eigenvalue weighted by molar-refractivity contribution is -0.142. The zero-order valence-corrected chi connectivity index (χ0v) is 16.9. The van der Waals surface area contributed by atoms with Crippen molar-refractivity contribution in [1.29, 1.82) is 0 Å². The SMILES string of the molecule is COc1cc(C2(O)CC3COCC(C2)N3C(=O)OC(C)(C)C)ccc1C(F)(F)F. The lowest BCUT2D eigenvalue weighted by Gasteiger charge is -2.51. The summed E-state index contributed by atoms with van der Waals surface area (Å²) in [5.41, 5.74) is -2.65. The molecule has 2 aliphatic heterocycles. The zero-order valence-electron chi connectivity index (χ0n) is 16.9. The predicted molar refractivity (Wildman–Crippen MR) is 97.6 cm³/mol. The summed E-state index contributed by atoms with van der Waals surface area (Å²) in [7, 11) is 1.16. The molecule has 0 saturated carbocycles. The van der Waals surface area contributed by atoms with Gasteiger partial charge in [-0.25, -0.2) is 4.79 Å². The van der Waals surface area contributed by atoms with Crippen molar-refractivity contribution in [1.82, 2.24) is 4.90 Å². The van der Waals surface area contributed by atoms with Crippen LogP contribution in [0.1, 0.15) is 44.7 Å². The van der Waals surface area contributed by atoms with Crippen LogP contribution < -0.4 is 4.74 Å². The second-order valence-electron chi connectivity index (χ2n) is 8.59. The van der Waals surface area contributed by atoms with Crippen LogP contribution in [0.2, 0.25) is 0 Å². The molecule has 0 radical (unpaired) electrons. The third kappa shape index (κ3) is 4.45. The fourth-order valence-corrected chi connectivity index (χ4v) is 4.04. The van der Waals surface area contributed by atoms with Crippen LogP contribution in [0.25, 0.3) is 0 Å². The topological polar surface area (TPSA) is 68.2 Å². The van der Waals surface area contributed by atoms with Crippen LogP contribution in [-0.4, -0.2) is 54.1 Å². The van der Waals surface area contributed by atoms with Gasteiger partial charge in [0.25, 0.3) is 0 Å². The van der Waals surface area contributed by atoms with Gasteiger partial charge in [0, 0.05) is 12.8 Å². The van der Waals surface area contributed by atoms with Crippen LogP contribution >= 0.6 is 0 Å². The second-order valence-corrected chi connectivity index (χ2v) is 8.59. The first-order chi connectivity index (χ1) is 13.3. The molecule has 1 N–H and O–H groups in total. The van der Waals surface area contributed by atoms with Gasteiger partial charge >= 0.3 is 12.3 Å². The fraction of sp³-hybridized carbons (Fsp3) is 0.650. The number of carbonyl (C=O) groups excluding carboxylic acids is 1. The van der Waals surface area contributed by atoms with Crippen molar-refractivity contribution in [2.24, 2.45) is 0 Å². The molecule has 162 valence electrons. The van der Waals surface area contributed by atoms with Gasteiger partial charge in [0.05, 0.1) is 43.6 Å². The molecule has 2 bridgehead atoms. The first-order valence-electron chi connectivity index (χ1n) is 9.41. The highest BCUT2D eigenvalue weighted by molar-refractivity contribution is 5.69. The normalized spacial score (nSPS) is 27.5. The highest BCUT2D eigenvalue weighted by Gasteiger charge is 2.50. The summed E-state index contributed by atoms with van der Waals surface area (Å²) >= 11 is 0. The summed E-state index contributed by atoms with van der Waals surface area (Å²) in [6, 6.07) is 2.51. The number of ether oxygens (including phenoxy) is 3. The van der Waals surface area contributed by atoms with E-state index < -0.39 is 41.1 Å². The molecule has 9 heteroatoms. The molecule has 2 heterocycles. The van der Waals surface area contributed by atoms with Gasteiger partial charge in [-0.15, -0.1) is 0 Å². The molecule has 3 rings (SSSR count). The van der Waals surface area contributed by atoms with Gasteiger partial charge in [0.15, 0.2) is 0 Å². The van der Waals surface area contributed by atoms with E-state index in [0.717, 1.165) is 13.2 Å². The minimum absolute atomic E-state index is 0.122. The first-order valence-corrected chi connectivity index (χ1v) is 9.41. The Hall–Kier alpha value is -2.00. The van der Waals surface area contributed by atoms with E-state index in [4.69, 9.17) is 14.2 Å². The number of alkyl halides is 3. The number of methoxy groups -OCH3 is 1. The Morgan fingerprint density at radius 3 is 2.28 bits per heavy atom. The minimum atomic E-state index is -4.56. The first kappa shape index (κ1) is 21.7. The molecule has 0 aliphatic carbocycles. The molecule has 1 amide bonds. The molecule has 0 aromatic heterocycles. The maximum Gasteiger partial charge on any atom is 0.419 e. The molecule has 6 nitrogen and oxygen atoms in total. The van der Waals surface area contributed by atoms with Crippen molar-refractivity contribution in [3.05, 3.63) is 29.3 Å². The lowest BCUT2D eigenvalue weighted by atomic mass is 9.76. The third-order valence-corrected chi connectivity index (χ3v) is 5.20. The average molecular weight is 417 g/mol. The van der Waals surface area contributed by atoms with E-state index in [0.29, 0.717) is 5.56 Å². The number of aliphatic hydroxyl groups is 1. The Balaban J connectivity index is 1.89. The highest BCUT2D eigenvalue weighted by Crippen LogP contribution is 2.44. The summed E-state index contributed by atoms with van der Waals surface area (Å²) in [6.07, 6.45) is -4.80. The van der Waals surface area contributed by atoms with Gasteiger partial charge in [0.1, 0.15) is 11.4 Å². The number of hydrogen-bond donors (Lipinski definition) is 1. The van der Waals surface area contributed by atoms with Crippen LogP contribution in [0.4, 0.5) is 18.0 Å². The van der Waals surface area contributed by atoms with Gasteiger partial charge in [-0.05, 0) is 38.5 Å². The molecule has 1 aromatic carbocycles. The summed E-state index contributed by atoms with van der Waals surface area (Å²) in [5.74, 6) is -0.348. The molecule has 29 heavy (non-hydrogen) atoms. The predicted octanol–water partition coefficient (Wildman–Crippen LogP) is 3.70. The summed E-state index contributed by atoms with van der Waals surface area (Å²) < 4.78 is 55.4. The van der Waals surface area contributed by atoms with E-state index in [2.05, 4.69) is 0 Å². The van der Waals surface area contributed by atoms with Crippen LogP contribution in [0, 0.1) is 0 Å². The van der Waals surface area contributed by atoms with Crippen molar-refractivity contribution >= 4 is 6.09 Å². The third-order valence-electron chi connectivity index (χ3n) is 5.20. The van der Waals surface area contributed by atoms with E-state index in [1.54, 1.807) is 25.7 Å². The molecular weight excluding hydrogens is 391 g/mol. The summed E-state index contributed by atoms with van der Waals surface area (Å²) in [6.45, 7) is 5.75. The number of halogens is 3. The molecular formula is C20H26F3NO5. The maximum atomic E-state index is 13.2. The standard InChI is InChI=1S/C20H26F3NO5/c1-18(2,3)29-17(25)24-13-8-19(26,9-14(24)11-28-10-13)12-5-6-15(20(21,22)23)16(7-12)27-4/h5-7,13-14,26H,8-11H2,1-4H3. The maximum absolute atomic E-state index is 13.2. The average Bonchev–Trinajstić information content (AvgIpc) is 2.58. The van der Waals surface area contributed by atoms with Crippen LogP contribution in [0.3, 0.4) is 0 Å². The molecule has 2 unspecified atom stereocenters. The number of morpholine rings is 1. The van der Waals surface area contributed by atoms with E-state index >= 15 is 0 Å². The number of hydrogen-bond acceptors (Lipinski definition) is 5. The molecule has 1 aromatic rings. The Bertz CT molecular complexity index is 760. The smallest absolute Gasteiger partial charge is 0.419 e. The van der Waals surface area contributed by atoms with Crippen molar-refractivity contribution in [2.45, 2.75) is 63.1 Å².